The lowest BCUT2D eigenvalue weighted by Crippen LogP contribution is -2.16. The van der Waals surface area contributed by atoms with E-state index in [1.165, 1.54) is 29.5 Å². The standard InChI is InChI=1S/C18H20N2O3S/c1-2-23-15-9-12(7-8-14(15)21)11-19-20-18(22)17-10-13-5-3-4-6-16(13)24-17/h7-11,21H,2-6H2,1H3,(H,20,22)/b19-11-. The lowest BCUT2D eigenvalue weighted by Gasteiger charge is -2.08. The van der Waals surface area contributed by atoms with Crippen molar-refractivity contribution >= 4 is 23.5 Å². The molecule has 0 fully saturated rings. The van der Waals surface area contributed by atoms with Crippen LogP contribution in [0.5, 0.6) is 11.5 Å². The maximum absolute atomic E-state index is 12.2. The van der Waals surface area contributed by atoms with Crippen LogP contribution >= 0.6 is 11.3 Å². The summed E-state index contributed by atoms with van der Waals surface area (Å²) in [6.45, 7) is 2.31. The zero-order valence-corrected chi connectivity index (χ0v) is 14.4. The van der Waals surface area contributed by atoms with Gasteiger partial charge in [-0.25, -0.2) is 5.43 Å². The van der Waals surface area contributed by atoms with Gasteiger partial charge >= 0.3 is 0 Å². The van der Waals surface area contributed by atoms with Crippen molar-refractivity contribution in [2.45, 2.75) is 32.6 Å². The Bertz CT molecular complexity index is 744. The van der Waals surface area contributed by atoms with Gasteiger partial charge in [-0.15, -0.1) is 11.3 Å². The highest BCUT2D eigenvalue weighted by molar-refractivity contribution is 7.14. The number of hydrogen-bond donors (Lipinski definition) is 2. The first-order valence-corrected chi connectivity index (χ1v) is 8.90. The second-order valence-corrected chi connectivity index (χ2v) is 6.76. The van der Waals surface area contributed by atoms with E-state index in [4.69, 9.17) is 4.74 Å². The van der Waals surface area contributed by atoms with Gasteiger partial charge in [0.2, 0.25) is 0 Å². The number of carbonyl (C=O) groups is 1. The summed E-state index contributed by atoms with van der Waals surface area (Å²) in [7, 11) is 0. The molecule has 1 aromatic carbocycles. The SMILES string of the molecule is CCOc1cc(/C=N\NC(=O)c2cc3c(s2)CCCC3)ccc1O. The van der Waals surface area contributed by atoms with Crippen LogP contribution in [-0.2, 0) is 12.8 Å². The Hall–Kier alpha value is -2.34. The van der Waals surface area contributed by atoms with Crippen molar-refractivity contribution in [1.82, 2.24) is 5.43 Å². The first-order chi connectivity index (χ1) is 11.7. The Morgan fingerprint density at radius 2 is 2.21 bits per heavy atom. The summed E-state index contributed by atoms with van der Waals surface area (Å²) in [4.78, 5) is 14.2. The van der Waals surface area contributed by atoms with Crippen molar-refractivity contribution < 1.29 is 14.6 Å². The van der Waals surface area contributed by atoms with Crippen LogP contribution in [0.15, 0.2) is 29.4 Å². The van der Waals surface area contributed by atoms with E-state index >= 15 is 0 Å². The van der Waals surface area contributed by atoms with Crippen molar-refractivity contribution in [3.63, 3.8) is 0 Å². The van der Waals surface area contributed by atoms with Gasteiger partial charge in [-0.05, 0) is 68.0 Å². The second kappa shape index (κ2) is 7.49. The number of nitrogens with one attached hydrogen (secondary N) is 1. The fraction of sp³-hybridized carbons (Fsp3) is 0.333. The molecule has 3 rings (SSSR count). The molecule has 2 aromatic rings. The number of hydrogen-bond acceptors (Lipinski definition) is 5. The summed E-state index contributed by atoms with van der Waals surface area (Å²) >= 11 is 1.56. The van der Waals surface area contributed by atoms with Gasteiger partial charge in [0.25, 0.3) is 5.91 Å². The minimum Gasteiger partial charge on any atom is -0.504 e. The molecule has 0 aliphatic heterocycles. The number of rotatable bonds is 5. The van der Waals surface area contributed by atoms with Crippen LogP contribution in [0.4, 0.5) is 0 Å². The lowest BCUT2D eigenvalue weighted by atomic mass is 9.99. The number of nitrogens with zero attached hydrogens (tertiary/aromatic N) is 1. The maximum atomic E-state index is 12.2. The fourth-order valence-corrected chi connectivity index (χ4v) is 3.85. The van der Waals surface area contributed by atoms with Crippen LogP contribution in [0, 0.1) is 0 Å². The number of benzene rings is 1. The number of hydrazone groups is 1. The zero-order chi connectivity index (χ0) is 16.9. The Labute approximate surface area is 145 Å². The average molecular weight is 344 g/mol. The average Bonchev–Trinajstić information content (AvgIpc) is 3.02. The summed E-state index contributed by atoms with van der Waals surface area (Å²) in [6, 6.07) is 6.91. The van der Waals surface area contributed by atoms with Gasteiger partial charge in [0.1, 0.15) is 0 Å². The normalized spacial score (nSPS) is 13.7. The summed E-state index contributed by atoms with van der Waals surface area (Å²) in [6.07, 6.45) is 6.08. The quantitative estimate of drug-likeness (QED) is 0.644. The van der Waals surface area contributed by atoms with Crippen molar-refractivity contribution in [3.8, 4) is 11.5 Å². The predicted molar refractivity (Wildman–Crippen MR) is 95.3 cm³/mol. The molecule has 1 aliphatic carbocycles. The predicted octanol–water partition coefficient (Wildman–Crippen LogP) is 3.50. The van der Waals surface area contributed by atoms with E-state index in [0.29, 0.717) is 17.2 Å². The molecule has 1 aliphatic rings. The summed E-state index contributed by atoms with van der Waals surface area (Å²) in [5, 5.41) is 13.7. The molecule has 0 unspecified atom stereocenters. The molecule has 0 bridgehead atoms. The van der Waals surface area contributed by atoms with Gasteiger partial charge in [0, 0.05) is 4.88 Å². The molecule has 0 saturated heterocycles. The van der Waals surface area contributed by atoms with E-state index in [0.717, 1.165) is 18.4 Å². The number of phenolic OH excluding ortho intramolecular Hbond substituents is 1. The number of amides is 1. The van der Waals surface area contributed by atoms with Crippen molar-refractivity contribution in [2.24, 2.45) is 5.10 Å². The molecule has 126 valence electrons. The molecule has 0 radical (unpaired) electrons. The highest BCUT2D eigenvalue weighted by atomic mass is 32.1. The number of phenols is 1. The number of carbonyl (C=O) groups excluding carboxylic acids is 1. The summed E-state index contributed by atoms with van der Waals surface area (Å²) in [5.41, 5.74) is 4.60. The molecular formula is C18H20N2O3S. The molecule has 0 spiro atoms. The van der Waals surface area contributed by atoms with Crippen molar-refractivity contribution in [2.75, 3.05) is 6.61 Å². The Balaban J connectivity index is 1.64. The third kappa shape index (κ3) is 3.76. The third-order valence-electron chi connectivity index (χ3n) is 3.88. The van der Waals surface area contributed by atoms with Crippen LogP contribution in [0.2, 0.25) is 0 Å². The number of fused-ring (bicyclic) bond motifs is 1. The van der Waals surface area contributed by atoms with Crippen LogP contribution in [0.3, 0.4) is 0 Å². The summed E-state index contributed by atoms with van der Waals surface area (Å²) < 4.78 is 5.32. The van der Waals surface area contributed by atoms with E-state index in [1.807, 2.05) is 13.0 Å². The minimum atomic E-state index is -0.186. The summed E-state index contributed by atoms with van der Waals surface area (Å²) in [5.74, 6) is 0.301. The van der Waals surface area contributed by atoms with Crippen LogP contribution in [0.1, 0.15) is 45.4 Å². The van der Waals surface area contributed by atoms with Gasteiger partial charge < -0.3 is 9.84 Å². The molecule has 2 N–H and O–H groups in total. The molecule has 6 heteroatoms. The van der Waals surface area contributed by atoms with E-state index in [9.17, 15) is 9.90 Å². The van der Waals surface area contributed by atoms with E-state index in [1.54, 1.807) is 29.5 Å². The van der Waals surface area contributed by atoms with Gasteiger partial charge in [-0.2, -0.15) is 5.10 Å². The largest absolute Gasteiger partial charge is 0.504 e. The number of aromatic hydroxyl groups is 1. The van der Waals surface area contributed by atoms with Gasteiger partial charge in [0.05, 0.1) is 17.7 Å². The van der Waals surface area contributed by atoms with Gasteiger partial charge in [0.15, 0.2) is 11.5 Å². The smallest absolute Gasteiger partial charge is 0.281 e. The molecular weight excluding hydrogens is 324 g/mol. The lowest BCUT2D eigenvalue weighted by molar-refractivity contribution is 0.0959. The van der Waals surface area contributed by atoms with Crippen LogP contribution < -0.4 is 10.2 Å². The van der Waals surface area contributed by atoms with E-state index in [-0.39, 0.29) is 11.7 Å². The molecule has 24 heavy (non-hydrogen) atoms. The first-order valence-electron chi connectivity index (χ1n) is 8.08. The van der Waals surface area contributed by atoms with Crippen LogP contribution in [-0.4, -0.2) is 23.8 Å². The van der Waals surface area contributed by atoms with Crippen molar-refractivity contribution in [3.05, 3.63) is 45.1 Å². The second-order valence-electron chi connectivity index (χ2n) is 5.63. The van der Waals surface area contributed by atoms with E-state index < -0.39 is 0 Å². The topological polar surface area (TPSA) is 70.9 Å². The minimum absolute atomic E-state index is 0.0854. The highest BCUT2D eigenvalue weighted by Gasteiger charge is 2.16. The zero-order valence-electron chi connectivity index (χ0n) is 13.5. The molecule has 1 aromatic heterocycles. The third-order valence-corrected chi connectivity index (χ3v) is 5.12. The Morgan fingerprint density at radius 1 is 1.38 bits per heavy atom. The molecule has 1 amide bonds. The van der Waals surface area contributed by atoms with Gasteiger partial charge in [-0.3, -0.25) is 4.79 Å². The molecule has 1 heterocycles. The van der Waals surface area contributed by atoms with Gasteiger partial charge in [-0.1, -0.05) is 0 Å². The maximum Gasteiger partial charge on any atom is 0.281 e. The molecule has 0 saturated carbocycles. The van der Waals surface area contributed by atoms with E-state index in [2.05, 4.69) is 10.5 Å². The monoisotopic (exact) mass is 344 g/mol. The molecule has 0 atom stereocenters. The van der Waals surface area contributed by atoms with Crippen molar-refractivity contribution in [1.29, 1.82) is 0 Å². The Kier molecular flexibility index (Phi) is 5.15. The number of aryl methyl sites for hydroxylation is 2. The number of ether oxygens (including phenoxy) is 1. The fourth-order valence-electron chi connectivity index (χ4n) is 2.71. The molecule has 5 nitrogen and oxygen atoms in total. The highest BCUT2D eigenvalue weighted by Crippen LogP contribution is 2.29. The Morgan fingerprint density at radius 3 is 3.00 bits per heavy atom. The number of thiophene rings is 1. The van der Waals surface area contributed by atoms with Crippen LogP contribution in [0.25, 0.3) is 0 Å². The first kappa shape index (κ1) is 16.5.